The van der Waals surface area contributed by atoms with Crippen molar-refractivity contribution in [1.29, 1.82) is 0 Å². The van der Waals surface area contributed by atoms with Crippen LogP contribution < -0.4 is 0 Å². The topological polar surface area (TPSA) is 23.5 Å². The number of rotatable bonds is 4. The summed E-state index contributed by atoms with van der Waals surface area (Å²) in [6, 6.07) is 2.77. The molecule has 1 N–H and O–H groups in total. The van der Waals surface area contributed by atoms with Gasteiger partial charge in [0, 0.05) is 12.6 Å². The van der Waals surface area contributed by atoms with Gasteiger partial charge in [-0.1, -0.05) is 0 Å². The van der Waals surface area contributed by atoms with E-state index in [-0.39, 0.29) is 0 Å². The third-order valence-corrected chi connectivity index (χ3v) is 4.87. The second kappa shape index (κ2) is 6.18. The van der Waals surface area contributed by atoms with Crippen molar-refractivity contribution < 1.29 is 5.11 Å². The number of aliphatic hydroxyl groups is 1. The van der Waals surface area contributed by atoms with E-state index in [1.807, 2.05) is 0 Å². The number of likely N-dealkylation sites (tertiary alicyclic amines) is 1. The molecule has 0 aromatic carbocycles. The minimum absolute atomic E-state index is 0.439. The first-order chi connectivity index (χ1) is 8.59. The van der Waals surface area contributed by atoms with E-state index < -0.39 is 5.60 Å². The van der Waals surface area contributed by atoms with E-state index in [4.69, 9.17) is 0 Å². The van der Waals surface area contributed by atoms with Crippen molar-refractivity contribution in [3.63, 3.8) is 0 Å². The number of nitrogens with zero attached hydrogens (tertiary/aromatic N) is 1. The molecule has 18 heavy (non-hydrogen) atoms. The third-order valence-electron chi connectivity index (χ3n) is 4.14. The molecule has 0 bridgehead atoms. The van der Waals surface area contributed by atoms with E-state index in [2.05, 4.69) is 35.6 Å². The van der Waals surface area contributed by atoms with Gasteiger partial charge in [0.2, 0.25) is 0 Å². The zero-order valence-electron chi connectivity index (χ0n) is 11.6. The van der Waals surface area contributed by atoms with Crippen LogP contribution in [0, 0.1) is 0 Å². The standard InChI is InChI=1S/C15H25NOS/c1-13(2)16-9-3-6-15(17,8-10-16)7-4-14-5-11-18-12-14/h5,11-13,17H,3-4,6-10H2,1-2H3. The molecule has 1 unspecified atom stereocenters. The zero-order chi connectivity index (χ0) is 13.0. The lowest BCUT2D eigenvalue weighted by atomic mass is 9.89. The molecule has 1 aromatic heterocycles. The normalized spacial score (nSPS) is 26.4. The highest BCUT2D eigenvalue weighted by Gasteiger charge is 2.30. The summed E-state index contributed by atoms with van der Waals surface area (Å²) in [5.41, 5.74) is 0.935. The molecule has 0 aliphatic carbocycles. The van der Waals surface area contributed by atoms with Gasteiger partial charge in [0.1, 0.15) is 0 Å². The van der Waals surface area contributed by atoms with Crippen molar-refractivity contribution in [2.24, 2.45) is 0 Å². The molecule has 0 amide bonds. The largest absolute Gasteiger partial charge is 0.390 e. The van der Waals surface area contributed by atoms with E-state index in [0.717, 1.165) is 45.2 Å². The van der Waals surface area contributed by atoms with E-state index in [1.165, 1.54) is 5.56 Å². The lowest BCUT2D eigenvalue weighted by Crippen LogP contribution is -2.34. The van der Waals surface area contributed by atoms with Crippen LogP contribution in [0.1, 0.15) is 45.1 Å². The van der Waals surface area contributed by atoms with Gasteiger partial charge in [-0.15, -0.1) is 0 Å². The Morgan fingerprint density at radius 2 is 2.22 bits per heavy atom. The molecule has 2 rings (SSSR count). The van der Waals surface area contributed by atoms with Crippen LogP contribution in [-0.4, -0.2) is 34.7 Å². The number of thiophene rings is 1. The van der Waals surface area contributed by atoms with Gasteiger partial charge in [-0.3, -0.25) is 0 Å². The average molecular weight is 267 g/mol. The highest BCUT2D eigenvalue weighted by molar-refractivity contribution is 7.07. The van der Waals surface area contributed by atoms with Gasteiger partial charge in [-0.2, -0.15) is 11.3 Å². The van der Waals surface area contributed by atoms with Crippen LogP contribution in [0.2, 0.25) is 0 Å². The molecule has 0 radical (unpaired) electrons. The Labute approximate surface area is 115 Å². The number of hydrogen-bond donors (Lipinski definition) is 1. The monoisotopic (exact) mass is 267 g/mol. The zero-order valence-corrected chi connectivity index (χ0v) is 12.4. The van der Waals surface area contributed by atoms with E-state index in [0.29, 0.717) is 6.04 Å². The quantitative estimate of drug-likeness (QED) is 0.904. The van der Waals surface area contributed by atoms with E-state index in [9.17, 15) is 5.11 Å². The summed E-state index contributed by atoms with van der Waals surface area (Å²) in [7, 11) is 0. The predicted molar refractivity (Wildman–Crippen MR) is 78.1 cm³/mol. The van der Waals surface area contributed by atoms with Crippen LogP contribution in [0.5, 0.6) is 0 Å². The Morgan fingerprint density at radius 3 is 2.89 bits per heavy atom. The van der Waals surface area contributed by atoms with Crippen molar-refractivity contribution in [3.8, 4) is 0 Å². The molecule has 0 spiro atoms. The number of hydrogen-bond acceptors (Lipinski definition) is 3. The van der Waals surface area contributed by atoms with Crippen molar-refractivity contribution >= 4 is 11.3 Å². The first-order valence-corrected chi connectivity index (χ1v) is 8.01. The van der Waals surface area contributed by atoms with Gasteiger partial charge in [0.15, 0.2) is 0 Å². The number of aryl methyl sites for hydroxylation is 1. The van der Waals surface area contributed by atoms with Crippen LogP contribution in [0.3, 0.4) is 0 Å². The van der Waals surface area contributed by atoms with Gasteiger partial charge in [-0.05, 0) is 74.9 Å². The van der Waals surface area contributed by atoms with Crippen LogP contribution in [-0.2, 0) is 6.42 Å². The maximum atomic E-state index is 10.7. The lowest BCUT2D eigenvalue weighted by molar-refractivity contribution is 0.0165. The maximum absolute atomic E-state index is 10.7. The van der Waals surface area contributed by atoms with Crippen molar-refractivity contribution in [1.82, 2.24) is 4.90 Å². The van der Waals surface area contributed by atoms with Gasteiger partial charge >= 0.3 is 0 Å². The summed E-state index contributed by atoms with van der Waals surface area (Å²) in [5.74, 6) is 0. The Bertz CT molecular complexity index is 349. The minimum Gasteiger partial charge on any atom is -0.390 e. The average Bonchev–Trinajstić information content (AvgIpc) is 2.76. The first-order valence-electron chi connectivity index (χ1n) is 7.07. The molecule has 0 saturated carbocycles. The molecule has 1 aliphatic heterocycles. The smallest absolute Gasteiger partial charge is 0.0663 e. The summed E-state index contributed by atoms with van der Waals surface area (Å²) in [6.45, 7) is 6.67. The first kappa shape index (κ1) is 14.0. The molecular weight excluding hydrogens is 242 g/mol. The fourth-order valence-electron chi connectivity index (χ4n) is 2.78. The van der Waals surface area contributed by atoms with Gasteiger partial charge < -0.3 is 10.0 Å². The van der Waals surface area contributed by atoms with Crippen molar-refractivity contribution in [2.75, 3.05) is 13.1 Å². The molecule has 1 saturated heterocycles. The Hall–Kier alpha value is -0.380. The van der Waals surface area contributed by atoms with Gasteiger partial charge in [-0.25, -0.2) is 0 Å². The fraction of sp³-hybridized carbons (Fsp3) is 0.733. The van der Waals surface area contributed by atoms with Crippen LogP contribution >= 0.6 is 11.3 Å². The lowest BCUT2D eigenvalue weighted by Gasteiger charge is -2.28. The Kier molecular flexibility index (Phi) is 4.82. The second-order valence-corrected chi connectivity index (χ2v) is 6.62. The SMILES string of the molecule is CC(C)N1CCCC(O)(CCc2ccsc2)CC1. The summed E-state index contributed by atoms with van der Waals surface area (Å²) < 4.78 is 0. The van der Waals surface area contributed by atoms with Crippen molar-refractivity contribution in [2.45, 2.75) is 57.6 Å². The predicted octanol–water partition coefficient (Wildman–Crippen LogP) is 3.31. The summed E-state index contributed by atoms with van der Waals surface area (Å²) >= 11 is 1.74. The summed E-state index contributed by atoms with van der Waals surface area (Å²) in [4.78, 5) is 2.49. The molecule has 1 aromatic rings. The maximum Gasteiger partial charge on any atom is 0.0663 e. The van der Waals surface area contributed by atoms with E-state index >= 15 is 0 Å². The minimum atomic E-state index is -0.439. The molecule has 1 fully saturated rings. The Morgan fingerprint density at radius 1 is 1.39 bits per heavy atom. The summed E-state index contributed by atoms with van der Waals surface area (Å²) in [6.07, 6.45) is 4.94. The van der Waals surface area contributed by atoms with Crippen LogP contribution in [0.15, 0.2) is 16.8 Å². The molecule has 2 heterocycles. The van der Waals surface area contributed by atoms with Crippen LogP contribution in [0.25, 0.3) is 0 Å². The highest BCUT2D eigenvalue weighted by Crippen LogP contribution is 2.28. The molecule has 1 aliphatic rings. The van der Waals surface area contributed by atoms with Gasteiger partial charge in [0.25, 0.3) is 0 Å². The molecule has 3 heteroatoms. The molecule has 1 atom stereocenters. The van der Waals surface area contributed by atoms with Crippen LogP contribution in [0.4, 0.5) is 0 Å². The molecular formula is C15H25NOS. The molecule has 2 nitrogen and oxygen atoms in total. The Balaban J connectivity index is 1.86. The van der Waals surface area contributed by atoms with E-state index in [1.54, 1.807) is 11.3 Å². The van der Waals surface area contributed by atoms with Gasteiger partial charge in [0.05, 0.1) is 5.60 Å². The third kappa shape index (κ3) is 3.81. The molecule has 102 valence electrons. The summed E-state index contributed by atoms with van der Waals surface area (Å²) in [5, 5.41) is 15.0. The van der Waals surface area contributed by atoms with Crippen molar-refractivity contribution in [3.05, 3.63) is 22.4 Å². The fourth-order valence-corrected chi connectivity index (χ4v) is 3.48. The highest BCUT2D eigenvalue weighted by atomic mass is 32.1. The second-order valence-electron chi connectivity index (χ2n) is 5.84.